The molecule has 1 aliphatic heterocycles. The first-order valence-corrected chi connectivity index (χ1v) is 8.07. The number of carbonyl (C=O) groups is 2. The lowest BCUT2D eigenvalue weighted by molar-refractivity contribution is -0.128. The number of nitrogens with zero attached hydrogens (tertiary/aromatic N) is 2. The number of amides is 2. The summed E-state index contributed by atoms with van der Waals surface area (Å²) in [6.45, 7) is 4.17. The summed E-state index contributed by atoms with van der Waals surface area (Å²) in [5.41, 5.74) is 0.657. The van der Waals surface area contributed by atoms with Gasteiger partial charge >= 0.3 is 0 Å². The third-order valence-electron chi connectivity index (χ3n) is 3.39. The zero-order valence-corrected chi connectivity index (χ0v) is 14.4. The van der Waals surface area contributed by atoms with Crippen molar-refractivity contribution >= 4 is 43.7 Å². The van der Waals surface area contributed by atoms with E-state index in [-0.39, 0.29) is 11.8 Å². The second-order valence-electron chi connectivity index (χ2n) is 4.78. The van der Waals surface area contributed by atoms with Gasteiger partial charge in [0.05, 0.1) is 5.56 Å². The lowest BCUT2D eigenvalue weighted by Crippen LogP contribution is -2.36. The standard InChI is InChI=1S/C14H16Br2N2O2/c1-10(19)17-5-2-6-18(8-7-17)14(20)12-4-3-11(15)9-13(12)16/h3-4,9H,2,5-8H2,1H3. The van der Waals surface area contributed by atoms with E-state index in [1.54, 1.807) is 11.8 Å². The van der Waals surface area contributed by atoms with E-state index in [0.717, 1.165) is 21.9 Å². The number of halogens is 2. The van der Waals surface area contributed by atoms with E-state index in [4.69, 9.17) is 0 Å². The second-order valence-corrected chi connectivity index (χ2v) is 6.55. The number of hydrogen-bond donors (Lipinski definition) is 0. The Morgan fingerprint density at radius 2 is 1.70 bits per heavy atom. The average molecular weight is 404 g/mol. The fourth-order valence-corrected chi connectivity index (χ4v) is 3.49. The molecule has 0 bridgehead atoms. The van der Waals surface area contributed by atoms with Gasteiger partial charge in [-0.2, -0.15) is 0 Å². The van der Waals surface area contributed by atoms with Gasteiger partial charge in [-0.25, -0.2) is 0 Å². The van der Waals surface area contributed by atoms with Crippen molar-refractivity contribution in [3.05, 3.63) is 32.7 Å². The summed E-state index contributed by atoms with van der Waals surface area (Å²) in [4.78, 5) is 27.5. The second kappa shape index (κ2) is 6.72. The molecule has 2 amide bonds. The molecule has 0 unspecified atom stereocenters. The Morgan fingerprint density at radius 1 is 1.05 bits per heavy atom. The van der Waals surface area contributed by atoms with Gasteiger partial charge in [0.2, 0.25) is 5.91 Å². The molecule has 6 heteroatoms. The van der Waals surface area contributed by atoms with Crippen LogP contribution in [0.1, 0.15) is 23.7 Å². The molecule has 1 heterocycles. The summed E-state index contributed by atoms with van der Waals surface area (Å²) in [5.74, 6) is 0.0823. The Labute approximate surface area is 135 Å². The van der Waals surface area contributed by atoms with Crippen LogP contribution in [-0.4, -0.2) is 47.8 Å². The summed E-state index contributed by atoms with van der Waals surface area (Å²) < 4.78 is 1.71. The third kappa shape index (κ3) is 3.61. The Morgan fingerprint density at radius 3 is 2.35 bits per heavy atom. The van der Waals surface area contributed by atoms with Crippen LogP contribution in [0.25, 0.3) is 0 Å². The van der Waals surface area contributed by atoms with E-state index < -0.39 is 0 Å². The lowest BCUT2D eigenvalue weighted by Gasteiger charge is -2.22. The third-order valence-corrected chi connectivity index (χ3v) is 4.54. The minimum absolute atomic E-state index is 0.00905. The molecule has 4 nitrogen and oxygen atoms in total. The van der Waals surface area contributed by atoms with Crippen molar-refractivity contribution in [3.63, 3.8) is 0 Å². The highest BCUT2D eigenvalue weighted by molar-refractivity contribution is 9.11. The molecule has 0 saturated carbocycles. The molecule has 0 aromatic heterocycles. The largest absolute Gasteiger partial charge is 0.341 e. The molecule has 1 aromatic carbocycles. The quantitative estimate of drug-likeness (QED) is 0.723. The van der Waals surface area contributed by atoms with E-state index in [1.807, 2.05) is 23.1 Å². The summed E-state index contributed by atoms with van der Waals surface area (Å²) >= 11 is 6.81. The Balaban J connectivity index is 2.11. The van der Waals surface area contributed by atoms with Crippen molar-refractivity contribution in [2.45, 2.75) is 13.3 Å². The molecular formula is C14H16Br2N2O2. The molecule has 1 aromatic rings. The van der Waals surface area contributed by atoms with Crippen molar-refractivity contribution in [2.24, 2.45) is 0 Å². The van der Waals surface area contributed by atoms with Gasteiger partial charge in [0.25, 0.3) is 5.91 Å². The van der Waals surface area contributed by atoms with Gasteiger partial charge in [-0.3, -0.25) is 9.59 Å². The Hall–Kier alpha value is -0.880. The highest BCUT2D eigenvalue weighted by Gasteiger charge is 2.22. The average Bonchev–Trinajstić information content (AvgIpc) is 2.63. The van der Waals surface area contributed by atoms with E-state index in [1.165, 1.54) is 0 Å². The molecule has 1 fully saturated rings. The Kier molecular flexibility index (Phi) is 5.21. The first-order chi connectivity index (χ1) is 9.49. The van der Waals surface area contributed by atoms with Gasteiger partial charge in [0, 0.05) is 42.0 Å². The predicted molar refractivity (Wildman–Crippen MR) is 84.6 cm³/mol. The van der Waals surface area contributed by atoms with Gasteiger partial charge in [-0.1, -0.05) is 15.9 Å². The summed E-state index contributed by atoms with van der Waals surface area (Å²) in [7, 11) is 0. The molecule has 0 atom stereocenters. The first kappa shape index (κ1) is 15.5. The van der Waals surface area contributed by atoms with Crippen molar-refractivity contribution in [2.75, 3.05) is 26.2 Å². The van der Waals surface area contributed by atoms with Gasteiger partial charge in [-0.05, 0) is 40.5 Å². The van der Waals surface area contributed by atoms with Crippen LogP contribution < -0.4 is 0 Å². The minimum Gasteiger partial charge on any atom is -0.341 e. The maximum absolute atomic E-state index is 12.5. The van der Waals surface area contributed by atoms with Crippen LogP contribution in [0.2, 0.25) is 0 Å². The zero-order chi connectivity index (χ0) is 14.7. The van der Waals surface area contributed by atoms with Crippen molar-refractivity contribution in [3.8, 4) is 0 Å². The zero-order valence-electron chi connectivity index (χ0n) is 11.2. The molecule has 2 rings (SSSR count). The van der Waals surface area contributed by atoms with Crippen molar-refractivity contribution in [1.29, 1.82) is 0 Å². The van der Waals surface area contributed by atoms with E-state index >= 15 is 0 Å². The fraction of sp³-hybridized carbons (Fsp3) is 0.429. The van der Waals surface area contributed by atoms with Crippen LogP contribution in [-0.2, 0) is 4.79 Å². The number of benzene rings is 1. The van der Waals surface area contributed by atoms with Crippen LogP contribution >= 0.6 is 31.9 Å². The molecular weight excluding hydrogens is 388 g/mol. The van der Waals surface area contributed by atoms with Gasteiger partial charge < -0.3 is 9.80 Å². The molecule has 1 aliphatic rings. The van der Waals surface area contributed by atoms with E-state index in [2.05, 4.69) is 31.9 Å². The van der Waals surface area contributed by atoms with Crippen LogP contribution in [0.3, 0.4) is 0 Å². The van der Waals surface area contributed by atoms with Gasteiger partial charge in [0.15, 0.2) is 0 Å². The highest BCUT2D eigenvalue weighted by atomic mass is 79.9. The van der Waals surface area contributed by atoms with Gasteiger partial charge in [-0.15, -0.1) is 0 Å². The maximum Gasteiger partial charge on any atom is 0.255 e. The Bertz CT molecular complexity index is 534. The van der Waals surface area contributed by atoms with Crippen molar-refractivity contribution < 1.29 is 9.59 Å². The molecule has 1 saturated heterocycles. The van der Waals surface area contributed by atoms with Gasteiger partial charge in [0.1, 0.15) is 0 Å². The molecule has 20 heavy (non-hydrogen) atoms. The maximum atomic E-state index is 12.5. The van der Waals surface area contributed by atoms with Crippen LogP contribution in [0.15, 0.2) is 27.1 Å². The lowest BCUT2D eigenvalue weighted by atomic mass is 10.2. The summed E-state index contributed by atoms with van der Waals surface area (Å²) in [6.07, 6.45) is 0.819. The van der Waals surface area contributed by atoms with Crippen LogP contribution in [0.4, 0.5) is 0 Å². The molecule has 0 spiro atoms. The summed E-state index contributed by atoms with van der Waals surface area (Å²) in [5, 5.41) is 0. The van der Waals surface area contributed by atoms with Crippen LogP contribution in [0.5, 0.6) is 0 Å². The number of hydrogen-bond acceptors (Lipinski definition) is 2. The number of rotatable bonds is 1. The molecule has 0 radical (unpaired) electrons. The smallest absolute Gasteiger partial charge is 0.255 e. The molecule has 0 N–H and O–H groups in total. The predicted octanol–water partition coefficient (Wildman–Crippen LogP) is 2.91. The van der Waals surface area contributed by atoms with E-state index in [0.29, 0.717) is 25.2 Å². The van der Waals surface area contributed by atoms with Crippen LogP contribution in [0, 0.1) is 0 Å². The number of carbonyl (C=O) groups excluding carboxylic acids is 2. The minimum atomic E-state index is 0.00905. The topological polar surface area (TPSA) is 40.6 Å². The first-order valence-electron chi connectivity index (χ1n) is 6.49. The highest BCUT2D eigenvalue weighted by Crippen LogP contribution is 2.23. The molecule has 0 aliphatic carbocycles. The molecule has 108 valence electrons. The monoisotopic (exact) mass is 402 g/mol. The van der Waals surface area contributed by atoms with Crippen molar-refractivity contribution in [1.82, 2.24) is 9.80 Å². The fourth-order valence-electron chi connectivity index (χ4n) is 2.27. The summed E-state index contributed by atoms with van der Waals surface area (Å²) in [6, 6.07) is 5.54. The SMILES string of the molecule is CC(=O)N1CCCN(C(=O)c2ccc(Br)cc2Br)CC1. The van der Waals surface area contributed by atoms with E-state index in [9.17, 15) is 9.59 Å². The normalized spacial score (nSPS) is 15.9.